The van der Waals surface area contributed by atoms with Crippen molar-refractivity contribution < 1.29 is 73.2 Å². The van der Waals surface area contributed by atoms with Crippen LogP contribution in [-0.2, 0) is 52.7 Å². The smallest absolute Gasteiger partial charge is 0.242 e. The molecule has 0 aromatic carbocycles. The molecular formula is C58H107N11O15. The first-order valence-electron chi connectivity index (χ1n) is 29.9. The molecule has 0 saturated carbocycles. The van der Waals surface area contributed by atoms with Crippen molar-refractivity contribution in [3.63, 3.8) is 0 Å². The van der Waals surface area contributed by atoms with Crippen LogP contribution in [0, 0.1) is 0 Å². The molecule has 6 N–H and O–H groups in total. The van der Waals surface area contributed by atoms with Crippen molar-refractivity contribution in [1.82, 2.24) is 49.0 Å². The van der Waals surface area contributed by atoms with Crippen LogP contribution in [0.2, 0.25) is 0 Å². The number of primary amides is 1. The van der Waals surface area contributed by atoms with E-state index in [1.165, 1.54) is 64.0 Å². The topological polar surface area (TPSA) is 327 Å². The molecule has 0 rings (SSSR count). The number of nitrogens with zero attached hydrogens (tertiary/aromatic N) is 10. The van der Waals surface area contributed by atoms with Gasteiger partial charge in [-0.2, -0.15) is 0 Å². The number of carbonyl (C=O) groups excluding carboxylic acids is 11. The fraction of sp³-hybridized carbons (Fsp3) is 0.810. The molecule has 0 aromatic rings. The highest BCUT2D eigenvalue weighted by atomic mass is 16.3. The predicted octanol–water partition coefficient (Wildman–Crippen LogP) is 0.0918. The summed E-state index contributed by atoms with van der Waals surface area (Å²) in [5, 5.41) is 42.2. The molecular weight excluding hydrogens is 1090 g/mol. The van der Waals surface area contributed by atoms with Gasteiger partial charge in [0, 0.05) is 69.4 Å². The van der Waals surface area contributed by atoms with Crippen molar-refractivity contribution in [2.75, 3.05) is 91.6 Å². The molecule has 0 aromatic heterocycles. The van der Waals surface area contributed by atoms with Crippen LogP contribution in [0.25, 0.3) is 0 Å². The minimum absolute atomic E-state index is 0.260. The van der Waals surface area contributed by atoms with Crippen LogP contribution < -0.4 is 5.73 Å². The number of carbonyl (C=O) groups is 11. The lowest BCUT2D eigenvalue weighted by molar-refractivity contribution is -0.152. The van der Waals surface area contributed by atoms with Crippen molar-refractivity contribution in [3.8, 4) is 0 Å². The van der Waals surface area contributed by atoms with E-state index in [9.17, 15) is 73.2 Å². The van der Waals surface area contributed by atoms with Crippen LogP contribution in [0.4, 0.5) is 0 Å². The lowest BCUT2D eigenvalue weighted by Crippen LogP contribution is -2.56. The monoisotopic (exact) mass is 1200 g/mol. The van der Waals surface area contributed by atoms with E-state index in [0.29, 0.717) is 38.5 Å². The summed E-state index contributed by atoms with van der Waals surface area (Å²) in [6, 6.07) is -2.85. The van der Waals surface area contributed by atoms with Gasteiger partial charge in [0.25, 0.3) is 0 Å². The fourth-order valence-electron chi connectivity index (χ4n) is 9.05. The van der Waals surface area contributed by atoms with Gasteiger partial charge in [-0.25, -0.2) is 0 Å². The van der Waals surface area contributed by atoms with Gasteiger partial charge in [0.2, 0.25) is 65.0 Å². The number of hydrogen-bond donors (Lipinski definition) is 5. The molecule has 0 saturated heterocycles. The Morgan fingerprint density at radius 3 is 0.655 bits per heavy atom. The molecule has 11 amide bonds. The summed E-state index contributed by atoms with van der Waals surface area (Å²) < 4.78 is 0. The molecule has 10 atom stereocenters. The van der Waals surface area contributed by atoms with Gasteiger partial charge in [-0.05, 0) is 108 Å². The highest BCUT2D eigenvalue weighted by molar-refractivity contribution is 5.95. The maximum absolute atomic E-state index is 14.5. The Labute approximate surface area is 499 Å². The maximum Gasteiger partial charge on any atom is 0.242 e. The number of amides is 11. The highest BCUT2D eigenvalue weighted by Gasteiger charge is 2.36. The highest BCUT2D eigenvalue weighted by Crippen LogP contribution is 2.16. The van der Waals surface area contributed by atoms with E-state index in [-0.39, 0.29) is 57.3 Å². The van der Waals surface area contributed by atoms with Gasteiger partial charge < -0.3 is 75.2 Å². The van der Waals surface area contributed by atoms with Gasteiger partial charge in [-0.15, -0.1) is 0 Å². The molecule has 0 fully saturated rings. The number of hydrogen-bond acceptors (Lipinski definition) is 15. The molecule has 26 heteroatoms. The van der Waals surface area contributed by atoms with Crippen LogP contribution in [0.1, 0.15) is 156 Å². The molecule has 0 heterocycles. The molecule has 0 aliphatic carbocycles. The summed E-state index contributed by atoms with van der Waals surface area (Å²) >= 11 is 0. The third-order valence-electron chi connectivity index (χ3n) is 15.3. The standard InChI is InChI=1S/C58H107N11O15/c1-18-38(7)64(48(17)74)35-56(82)66(40(9)20-3)33-52(78)60(24-44(13)70)29-50(76)63(27-47(16)73)32-55(81)69(43(12)23-6)37-58(84)67(41(10)21-4)34-53(79)61(25-45(14)71)30-51(77)62(26-46(15)72)31-54(80)68(42(11)22-5)36-57(83)65(28-49(59)75)39(8)19-2/h38-47,70-73H,18-37H2,1-17H3,(H2,59,75). The zero-order valence-corrected chi connectivity index (χ0v) is 53.7. The number of aliphatic hydroxyl groups excluding tert-OH is 4. The van der Waals surface area contributed by atoms with Crippen molar-refractivity contribution in [2.24, 2.45) is 5.73 Å². The first-order chi connectivity index (χ1) is 39.0. The molecule has 26 nitrogen and oxygen atoms in total. The second kappa shape index (κ2) is 38.9. The second-order valence-corrected chi connectivity index (χ2v) is 22.8. The summed E-state index contributed by atoms with van der Waals surface area (Å²) in [6.45, 7) is 21.3. The predicted molar refractivity (Wildman–Crippen MR) is 317 cm³/mol. The van der Waals surface area contributed by atoms with E-state index in [1.54, 1.807) is 55.4 Å². The Balaban J connectivity index is 6.95. The van der Waals surface area contributed by atoms with E-state index < -0.39 is 160 Å². The van der Waals surface area contributed by atoms with Gasteiger partial charge >= 0.3 is 0 Å². The number of nitrogens with two attached hydrogens (primary N) is 1. The Hall–Kier alpha value is -5.99. The Kier molecular flexibility index (Phi) is 36.1. The molecule has 10 unspecified atom stereocenters. The fourth-order valence-corrected chi connectivity index (χ4v) is 9.05. The molecule has 484 valence electrons. The van der Waals surface area contributed by atoms with Gasteiger partial charge in [0.05, 0.1) is 57.1 Å². The molecule has 0 aliphatic heterocycles. The summed E-state index contributed by atoms with van der Waals surface area (Å²) in [7, 11) is 0. The number of aliphatic hydroxyl groups is 4. The van der Waals surface area contributed by atoms with Crippen LogP contribution in [-0.4, -0.2) is 287 Å². The van der Waals surface area contributed by atoms with Crippen LogP contribution in [0.3, 0.4) is 0 Å². The Morgan fingerprint density at radius 2 is 0.452 bits per heavy atom. The Morgan fingerprint density at radius 1 is 0.286 bits per heavy atom. The van der Waals surface area contributed by atoms with E-state index in [2.05, 4.69) is 0 Å². The van der Waals surface area contributed by atoms with Crippen LogP contribution in [0.5, 0.6) is 0 Å². The van der Waals surface area contributed by atoms with E-state index in [1.807, 2.05) is 27.7 Å². The zero-order valence-electron chi connectivity index (χ0n) is 53.7. The first-order valence-corrected chi connectivity index (χ1v) is 29.9. The van der Waals surface area contributed by atoms with Crippen molar-refractivity contribution in [1.29, 1.82) is 0 Å². The van der Waals surface area contributed by atoms with Crippen molar-refractivity contribution in [2.45, 2.75) is 217 Å². The molecule has 0 bridgehead atoms. The minimum Gasteiger partial charge on any atom is -0.392 e. The zero-order chi connectivity index (χ0) is 65.0. The molecule has 0 aliphatic rings. The Bertz CT molecular complexity index is 2150. The minimum atomic E-state index is -1.18. The van der Waals surface area contributed by atoms with Crippen LogP contribution in [0.15, 0.2) is 0 Å². The number of rotatable bonds is 40. The van der Waals surface area contributed by atoms with E-state index in [4.69, 9.17) is 5.73 Å². The van der Waals surface area contributed by atoms with Crippen molar-refractivity contribution in [3.05, 3.63) is 0 Å². The third kappa shape index (κ3) is 26.9. The average molecular weight is 1200 g/mol. The summed E-state index contributed by atoms with van der Waals surface area (Å²) in [6.07, 6.45) is -2.03. The second-order valence-electron chi connectivity index (χ2n) is 22.8. The summed E-state index contributed by atoms with van der Waals surface area (Å²) in [5.41, 5.74) is 5.45. The average Bonchev–Trinajstić information content (AvgIpc) is 3.43. The van der Waals surface area contributed by atoms with Crippen LogP contribution >= 0.6 is 0 Å². The molecule has 84 heavy (non-hydrogen) atoms. The lowest BCUT2D eigenvalue weighted by atomic mass is 10.1. The third-order valence-corrected chi connectivity index (χ3v) is 15.3. The van der Waals surface area contributed by atoms with Gasteiger partial charge in [-0.3, -0.25) is 52.7 Å². The maximum atomic E-state index is 14.5. The normalized spacial score (nSPS) is 14.8. The van der Waals surface area contributed by atoms with E-state index in [0.717, 1.165) is 19.6 Å². The van der Waals surface area contributed by atoms with E-state index >= 15 is 0 Å². The summed E-state index contributed by atoms with van der Waals surface area (Å²) in [5.74, 6) is -7.21. The SMILES string of the molecule is CCC(C)N(CC(=O)N(CC(=O)N(CC(=O)N(CC(=O)N(CC(=O)N(CC(=O)N(CC(=O)N(CC(=O)N(CC(=O)N(CC(N)=O)C(C)CC)C(C)CC)CC(C)O)CC(C)O)C(C)CC)C(C)CC)CC(C)O)CC(C)O)C(C)CC)C(C)=O. The first kappa shape index (κ1) is 78.0. The quantitative estimate of drug-likeness (QED) is 0.0543. The van der Waals surface area contributed by atoms with Gasteiger partial charge in [0.15, 0.2) is 0 Å². The lowest BCUT2D eigenvalue weighted by Gasteiger charge is -2.37. The summed E-state index contributed by atoms with van der Waals surface area (Å²) in [4.78, 5) is 164. The molecule has 0 radical (unpaired) electrons. The molecule has 0 spiro atoms. The largest absolute Gasteiger partial charge is 0.392 e. The van der Waals surface area contributed by atoms with Crippen molar-refractivity contribution >= 4 is 65.0 Å². The van der Waals surface area contributed by atoms with Gasteiger partial charge in [-0.1, -0.05) is 41.5 Å². The van der Waals surface area contributed by atoms with Gasteiger partial charge in [0.1, 0.15) is 32.7 Å².